The molecule has 2 nitrogen and oxygen atoms in total. The van der Waals surface area contributed by atoms with Crippen LogP contribution in [0, 0.1) is 11.3 Å². The first kappa shape index (κ1) is 11.2. The Bertz CT molecular complexity index is 181. The molecule has 0 spiro atoms. The van der Waals surface area contributed by atoms with Crippen molar-refractivity contribution in [2.75, 3.05) is 13.1 Å². The minimum Gasteiger partial charge on any atom is -0.285 e. The average Bonchev–Trinajstić information content (AvgIpc) is 2.04. The molecule has 0 radical (unpaired) electrons. The van der Waals surface area contributed by atoms with Gasteiger partial charge in [0, 0.05) is 0 Å². The van der Waals surface area contributed by atoms with Crippen molar-refractivity contribution in [3.63, 3.8) is 0 Å². The highest BCUT2D eigenvalue weighted by Crippen LogP contribution is 2.02. The molecule has 0 bridgehead atoms. The van der Waals surface area contributed by atoms with Gasteiger partial charge in [-0.15, -0.1) is 0 Å². The van der Waals surface area contributed by atoms with Crippen LogP contribution >= 0.6 is 0 Å². The summed E-state index contributed by atoms with van der Waals surface area (Å²) in [5.74, 6) is 0. The Morgan fingerprint density at radius 2 is 1.92 bits per heavy atom. The van der Waals surface area contributed by atoms with Gasteiger partial charge < -0.3 is 0 Å². The predicted molar refractivity (Wildman–Crippen MR) is 51.8 cm³/mol. The molecule has 0 saturated carbocycles. The first-order valence-corrected chi connectivity index (χ1v) is 4.44. The van der Waals surface area contributed by atoms with E-state index in [1.54, 1.807) is 0 Å². The van der Waals surface area contributed by atoms with E-state index in [2.05, 4.69) is 24.8 Å². The molecule has 0 aliphatic rings. The van der Waals surface area contributed by atoms with Gasteiger partial charge in [-0.1, -0.05) is 25.5 Å². The van der Waals surface area contributed by atoms with Crippen LogP contribution in [-0.2, 0) is 0 Å². The third kappa shape index (κ3) is 3.54. The number of hydrogen-bond donors (Lipinski definition) is 0. The highest BCUT2D eigenvalue weighted by atomic mass is 15.1. The molecule has 12 heavy (non-hydrogen) atoms. The monoisotopic (exact) mass is 166 g/mol. The Hall–Kier alpha value is -0.810. The molecule has 0 aliphatic carbocycles. The second kappa shape index (κ2) is 5.79. The van der Waals surface area contributed by atoms with Gasteiger partial charge in [-0.25, -0.2) is 0 Å². The van der Waals surface area contributed by atoms with E-state index in [9.17, 15) is 0 Å². The zero-order valence-electron chi connectivity index (χ0n) is 8.46. The van der Waals surface area contributed by atoms with Crippen LogP contribution in [-0.4, -0.2) is 24.0 Å². The third-order valence-corrected chi connectivity index (χ3v) is 1.83. The molecule has 0 heterocycles. The molecule has 0 amide bonds. The molecule has 68 valence electrons. The van der Waals surface area contributed by atoms with Crippen molar-refractivity contribution in [1.82, 2.24) is 4.90 Å². The van der Waals surface area contributed by atoms with E-state index in [0.29, 0.717) is 0 Å². The summed E-state index contributed by atoms with van der Waals surface area (Å²) in [5, 5.41) is 8.87. The zero-order valence-corrected chi connectivity index (χ0v) is 8.46. The van der Waals surface area contributed by atoms with E-state index in [4.69, 9.17) is 5.26 Å². The largest absolute Gasteiger partial charge is 0.285 e. The van der Waals surface area contributed by atoms with E-state index in [-0.39, 0.29) is 6.04 Å². The van der Waals surface area contributed by atoms with E-state index in [1.807, 2.05) is 19.9 Å². The number of nitriles is 1. The van der Waals surface area contributed by atoms with E-state index >= 15 is 0 Å². The Morgan fingerprint density at radius 1 is 1.42 bits per heavy atom. The van der Waals surface area contributed by atoms with Crippen LogP contribution < -0.4 is 0 Å². The van der Waals surface area contributed by atoms with Gasteiger partial charge >= 0.3 is 0 Å². The molecule has 0 aromatic heterocycles. The summed E-state index contributed by atoms with van der Waals surface area (Å²) in [5.41, 5.74) is 1.20. The standard InChI is InChI=1S/C10H18N2/c1-5-12(6-2)10(8-11)7-9(3)4/h7,10H,5-6H2,1-4H3. The molecule has 0 aromatic carbocycles. The number of allylic oxidation sites excluding steroid dienone is 1. The summed E-state index contributed by atoms with van der Waals surface area (Å²) >= 11 is 0. The van der Waals surface area contributed by atoms with Gasteiger partial charge in [0.05, 0.1) is 6.07 Å². The van der Waals surface area contributed by atoms with E-state index in [0.717, 1.165) is 13.1 Å². The summed E-state index contributed by atoms with van der Waals surface area (Å²) in [6.45, 7) is 10.1. The summed E-state index contributed by atoms with van der Waals surface area (Å²) in [6.07, 6.45) is 2.01. The lowest BCUT2D eigenvalue weighted by Gasteiger charge is -2.21. The molecule has 1 atom stereocenters. The Labute approximate surface area is 75.5 Å². The Morgan fingerprint density at radius 3 is 2.17 bits per heavy atom. The van der Waals surface area contributed by atoms with Gasteiger partial charge in [-0.05, 0) is 26.9 Å². The van der Waals surface area contributed by atoms with Gasteiger partial charge in [0.2, 0.25) is 0 Å². The maximum absolute atomic E-state index is 8.87. The Kier molecular flexibility index (Phi) is 5.40. The van der Waals surface area contributed by atoms with Gasteiger partial charge in [-0.2, -0.15) is 5.26 Å². The van der Waals surface area contributed by atoms with Gasteiger partial charge in [0.15, 0.2) is 0 Å². The van der Waals surface area contributed by atoms with Crippen molar-refractivity contribution < 1.29 is 0 Å². The highest BCUT2D eigenvalue weighted by molar-refractivity contribution is 5.11. The SMILES string of the molecule is CCN(CC)C(C#N)C=C(C)C. The summed E-state index contributed by atoms with van der Waals surface area (Å²) in [4.78, 5) is 2.13. The fourth-order valence-corrected chi connectivity index (χ4v) is 1.16. The van der Waals surface area contributed by atoms with Crippen molar-refractivity contribution in [2.45, 2.75) is 33.7 Å². The van der Waals surface area contributed by atoms with Crippen LogP contribution in [0.5, 0.6) is 0 Å². The number of nitrogens with zero attached hydrogens (tertiary/aromatic N) is 2. The molecule has 1 unspecified atom stereocenters. The molecule has 0 aromatic rings. The first-order chi connectivity index (χ1) is 5.65. The van der Waals surface area contributed by atoms with Crippen molar-refractivity contribution in [3.05, 3.63) is 11.6 Å². The van der Waals surface area contributed by atoms with Crippen LogP contribution in [0.4, 0.5) is 0 Å². The molecule has 0 fully saturated rings. The highest BCUT2D eigenvalue weighted by Gasteiger charge is 2.10. The second-order valence-electron chi connectivity index (χ2n) is 3.04. The average molecular weight is 166 g/mol. The third-order valence-electron chi connectivity index (χ3n) is 1.83. The smallest absolute Gasteiger partial charge is 0.117 e. The minimum atomic E-state index is -0.0509. The number of hydrogen-bond acceptors (Lipinski definition) is 2. The Balaban J connectivity index is 4.34. The van der Waals surface area contributed by atoms with Crippen molar-refractivity contribution in [2.24, 2.45) is 0 Å². The van der Waals surface area contributed by atoms with Crippen LogP contribution in [0.3, 0.4) is 0 Å². The first-order valence-electron chi connectivity index (χ1n) is 4.44. The number of rotatable bonds is 4. The fourth-order valence-electron chi connectivity index (χ4n) is 1.16. The van der Waals surface area contributed by atoms with Crippen molar-refractivity contribution in [3.8, 4) is 6.07 Å². The van der Waals surface area contributed by atoms with Crippen LogP contribution in [0.1, 0.15) is 27.7 Å². The van der Waals surface area contributed by atoms with Crippen LogP contribution in [0.15, 0.2) is 11.6 Å². The lowest BCUT2D eigenvalue weighted by molar-refractivity contribution is 0.292. The van der Waals surface area contributed by atoms with Crippen LogP contribution in [0.2, 0.25) is 0 Å². The summed E-state index contributed by atoms with van der Waals surface area (Å²) < 4.78 is 0. The minimum absolute atomic E-state index is 0.0509. The molecular weight excluding hydrogens is 148 g/mol. The molecule has 0 aliphatic heterocycles. The van der Waals surface area contributed by atoms with Gasteiger partial charge in [-0.3, -0.25) is 4.90 Å². The van der Waals surface area contributed by atoms with Crippen molar-refractivity contribution >= 4 is 0 Å². The molecule has 0 rings (SSSR count). The number of likely N-dealkylation sites (N-methyl/N-ethyl adjacent to an activating group) is 1. The molecular formula is C10H18N2. The normalized spacial score (nSPS) is 12.3. The lowest BCUT2D eigenvalue weighted by atomic mass is 10.2. The van der Waals surface area contributed by atoms with Crippen LogP contribution in [0.25, 0.3) is 0 Å². The topological polar surface area (TPSA) is 27.0 Å². The predicted octanol–water partition coefficient (Wildman–Crippen LogP) is 2.19. The summed E-state index contributed by atoms with van der Waals surface area (Å²) in [7, 11) is 0. The molecule has 0 N–H and O–H groups in total. The zero-order chi connectivity index (χ0) is 9.56. The maximum atomic E-state index is 8.87. The quantitative estimate of drug-likeness (QED) is 0.598. The molecule has 0 saturated heterocycles. The van der Waals surface area contributed by atoms with Crippen molar-refractivity contribution in [1.29, 1.82) is 5.26 Å². The second-order valence-corrected chi connectivity index (χ2v) is 3.04. The van der Waals surface area contributed by atoms with Gasteiger partial charge in [0.1, 0.15) is 6.04 Å². The lowest BCUT2D eigenvalue weighted by Crippen LogP contribution is -2.32. The maximum Gasteiger partial charge on any atom is 0.117 e. The summed E-state index contributed by atoms with van der Waals surface area (Å²) in [6, 6.07) is 2.23. The van der Waals surface area contributed by atoms with Gasteiger partial charge in [0.25, 0.3) is 0 Å². The fraction of sp³-hybridized carbons (Fsp3) is 0.700. The van der Waals surface area contributed by atoms with E-state index < -0.39 is 0 Å². The van der Waals surface area contributed by atoms with E-state index in [1.165, 1.54) is 5.57 Å². The molecule has 2 heteroatoms.